The third-order valence-electron chi connectivity index (χ3n) is 3.72. The molecule has 6 nitrogen and oxygen atoms in total. The van der Waals surface area contributed by atoms with E-state index in [1.165, 1.54) is 0 Å². The largest absolute Gasteiger partial charge is 0.341 e. The number of carbonyl (C=O) groups is 1. The first-order valence-corrected chi connectivity index (χ1v) is 7.48. The van der Waals surface area contributed by atoms with Gasteiger partial charge in [0.25, 0.3) is 5.91 Å². The first-order valence-electron chi connectivity index (χ1n) is 6.72. The van der Waals surface area contributed by atoms with Gasteiger partial charge in [0.05, 0.1) is 11.1 Å². The van der Waals surface area contributed by atoms with Crippen LogP contribution in [0.1, 0.15) is 41.5 Å². The molecule has 1 aliphatic rings. The lowest BCUT2D eigenvalue weighted by molar-refractivity contribution is 0.0929. The second-order valence-electron chi connectivity index (χ2n) is 5.15. The fourth-order valence-electron chi connectivity index (χ4n) is 2.59. The van der Waals surface area contributed by atoms with Gasteiger partial charge in [-0.15, -0.1) is 10.2 Å². The minimum absolute atomic E-state index is 0.232. The molecule has 0 saturated carbocycles. The van der Waals surface area contributed by atoms with E-state index in [0.29, 0.717) is 15.9 Å². The number of nitrogens with one attached hydrogen (secondary N) is 1. The van der Waals surface area contributed by atoms with Gasteiger partial charge in [-0.2, -0.15) is 0 Å². The van der Waals surface area contributed by atoms with Crippen LogP contribution in [0.25, 0.3) is 0 Å². The van der Waals surface area contributed by atoms with Crippen molar-refractivity contribution >= 4 is 29.1 Å². The predicted octanol–water partition coefficient (Wildman–Crippen LogP) is 2.36. The molecule has 112 valence electrons. The Labute approximate surface area is 132 Å². The molecule has 1 aliphatic heterocycles. The number of fused-ring (bicyclic) bond motifs is 1. The number of rotatable bonds is 3. The minimum Gasteiger partial charge on any atom is -0.341 e. The Morgan fingerprint density at radius 3 is 2.86 bits per heavy atom. The molecule has 1 atom stereocenters. The monoisotopic (exact) mass is 327 g/mol. The highest BCUT2D eigenvalue weighted by atomic mass is 35.5. The van der Waals surface area contributed by atoms with Gasteiger partial charge in [-0.3, -0.25) is 4.79 Å². The Morgan fingerprint density at radius 2 is 2.19 bits per heavy atom. The molecule has 3 rings (SSSR count). The summed E-state index contributed by atoms with van der Waals surface area (Å²) < 4.78 is 3.62. The lowest BCUT2D eigenvalue weighted by Crippen LogP contribution is -2.30. The highest BCUT2D eigenvalue weighted by Crippen LogP contribution is 2.25. The number of aryl methyl sites for hydroxylation is 1. The van der Waals surface area contributed by atoms with E-state index in [0.717, 1.165) is 31.0 Å². The highest BCUT2D eigenvalue weighted by molar-refractivity contribution is 6.41. The molecule has 0 spiro atoms. The third kappa shape index (κ3) is 2.42. The number of halogens is 2. The molecule has 0 aliphatic carbocycles. The highest BCUT2D eigenvalue weighted by Gasteiger charge is 2.24. The van der Waals surface area contributed by atoms with E-state index in [1.54, 1.807) is 17.7 Å². The fraction of sp³-hybridized carbons (Fsp3) is 0.462. The average Bonchev–Trinajstić information content (AvgIpc) is 3.09. The maximum Gasteiger partial charge on any atom is 0.268 e. The van der Waals surface area contributed by atoms with Crippen molar-refractivity contribution < 1.29 is 4.79 Å². The van der Waals surface area contributed by atoms with Crippen LogP contribution in [0.5, 0.6) is 0 Å². The van der Waals surface area contributed by atoms with Crippen molar-refractivity contribution in [2.75, 3.05) is 0 Å². The van der Waals surface area contributed by atoms with Crippen molar-refractivity contribution in [3.8, 4) is 0 Å². The van der Waals surface area contributed by atoms with E-state index < -0.39 is 0 Å². The van der Waals surface area contributed by atoms with E-state index >= 15 is 0 Å². The lowest BCUT2D eigenvalue weighted by atomic mass is 10.3. The number of amides is 1. The van der Waals surface area contributed by atoms with Crippen LogP contribution < -0.4 is 5.32 Å². The lowest BCUT2D eigenvalue weighted by Gasteiger charge is -2.14. The van der Waals surface area contributed by atoms with E-state index in [4.69, 9.17) is 23.2 Å². The number of hydrogen-bond donors (Lipinski definition) is 1. The van der Waals surface area contributed by atoms with Gasteiger partial charge in [0.2, 0.25) is 0 Å². The molecule has 3 heterocycles. The van der Waals surface area contributed by atoms with Crippen molar-refractivity contribution in [1.82, 2.24) is 24.6 Å². The Balaban J connectivity index is 1.79. The average molecular weight is 328 g/mol. The van der Waals surface area contributed by atoms with Gasteiger partial charge < -0.3 is 14.5 Å². The maximum absolute atomic E-state index is 12.3. The Hall–Kier alpha value is -1.53. The molecule has 2 aromatic heterocycles. The molecule has 1 N–H and O–H groups in total. The van der Waals surface area contributed by atoms with Gasteiger partial charge in [0.1, 0.15) is 16.7 Å². The smallest absolute Gasteiger partial charge is 0.268 e. The van der Waals surface area contributed by atoms with Gasteiger partial charge in [-0.1, -0.05) is 23.2 Å². The molecule has 0 aromatic carbocycles. The van der Waals surface area contributed by atoms with Crippen LogP contribution in [0, 0.1) is 0 Å². The summed E-state index contributed by atoms with van der Waals surface area (Å²) in [6.07, 6.45) is 2.01. The van der Waals surface area contributed by atoms with E-state index in [1.807, 2.05) is 6.92 Å². The van der Waals surface area contributed by atoms with Gasteiger partial charge in [-0.05, 0) is 19.4 Å². The fourth-order valence-corrected chi connectivity index (χ4v) is 2.96. The van der Waals surface area contributed by atoms with Gasteiger partial charge >= 0.3 is 0 Å². The summed E-state index contributed by atoms with van der Waals surface area (Å²) in [5, 5.41) is 11.9. The molecular formula is C13H15Cl2N5O. The molecule has 0 bridgehead atoms. The Morgan fingerprint density at radius 1 is 1.43 bits per heavy atom. The number of hydrogen-bond acceptors (Lipinski definition) is 3. The minimum atomic E-state index is -0.242. The molecule has 1 amide bonds. The zero-order valence-corrected chi connectivity index (χ0v) is 13.2. The molecule has 0 saturated heterocycles. The molecule has 8 heteroatoms. The van der Waals surface area contributed by atoms with Crippen LogP contribution in [-0.2, 0) is 20.0 Å². The standard InChI is InChI=1S/C13H15Cl2N5O/c1-7(12-18-17-10-4-3-5-20(10)12)16-13(21)9-6-8(14)11(15)19(9)2/h6-7H,3-5H2,1-2H3,(H,16,21). The van der Waals surface area contributed by atoms with Crippen molar-refractivity contribution in [3.63, 3.8) is 0 Å². The zero-order chi connectivity index (χ0) is 15.1. The molecular weight excluding hydrogens is 313 g/mol. The second kappa shape index (κ2) is 5.35. The summed E-state index contributed by atoms with van der Waals surface area (Å²) in [5.74, 6) is 1.52. The zero-order valence-electron chi connectivity index (χ0n) is 11.7. The number of carbonyl (C=O) groups excluding carboxylic acids is 1. The van der Waals surface area contributed by atoms with Gasteiger partial charge in [0, 0.05) is 20.0 Å². The Bertz CT molecular complexity index is 706. The van der Waals surface area contributed by atoms with Gasteiger partial charge in [-0.25, -0.2) is 0 Å². The van der Waals surface area contributed by atoms with Crippen LogP contribution in [0.4, 0.5) is 0 Å². The van der Waals surface area contributed by atoms with Crippen LogP contribution in [0.15, 0.2) is 6.07 Å². The second-order valence-corrected chi connectivity index (χ2v) is 5.92. The molecule has 21 heavy (non-hydrogen) atoms. The quantitative estimate of drug-likeness (QED) is 0.941. The molecule has 2 aromatic rings. The van der Waals surface area contributed by atoms with Crippen molar-refractivity contribution in [2.24, 2.45) is 7.05 Å². The summed E-state index contributed by atoms with van der Waals surface area (Å²) in [7, 11) is 1.70. The van der Waals surface area contributed by atoms with Crippen LogP contribution in [-0.4, -0.2) is 25.2 Å². The maximum atomic E-state index is 12.3. The summed E-state index contributed by atoms with van der Waals surface area (Å²) in [6, 6.07) is 1.32. The topological polar surface area (TPSA) is 64.7 Å². The SMILES string of the molecule is CC(NC(=O)c1cc(Cl)c(Cl)n1C)c1nnc2n1CCC2. The Kier molecular flexibility index (Phi) is 3.67. The van der Waals surface area contributed by atoms with Crippen molar-refractivity contribution in [3.05, 3.63) is 33.6 Å². The normalized spacial score (nSPS) is 15.0. The van der Waals surface area contributed by atoms with Crippen molar-refractivity contribution in [2.45, 2.75) is 32.4 Å². The number of aromatic nitrogens is 4. The third-order valence-corrected chi connectivity index (χ3v) is 4.56. The van der Waals surface area contributed by atoms with E-state index in [2.05, 4.69) is 20.1 Å². The predicted molar refractivity (Wildman–Crippen MR) is 79.7 cm³/mol. The summed E-state index contributed by atoms with van der Waals surface area (Å²) in [6.45, 7) is 2.79. The van der Waals surface area contributed by atoms with E-state index in [9.17, 15) is 4.79 Å². The molecule has 0 radical (unpaired) electrons. The van der Waals surface area contributed by atoms with Crippen molar-refractivity contribution in [1.29, 1.82) is 0 Å². The van der Waals surface area contributed by atoms with Crippen LogP contribution in [0.2, 0.25) is 10.2 Å². The van der Waals surface area contributed by atoms with E-state index in [-0.39, 0.29) is 11.9 Å². The summed E-state index contributed by atoms with van der Waals surface area (Å²) in [4.78, 5) is 12.3. The summed E-state index contributed by atoms with van der Waals surface area (Å²) >= 11 is 11.9. The number of nitrogens with zero attached hydrogens (tertiary/aromatic N) is 4. The summed E-state index contributed by atoms with van der Waals surface area (Å²) in [5.41, 5.74) is 0.415. The first-order chi connectivity index (χ1) is 9.99. The first kappa shape index (κ1) is 14.4. The molecule has 0 fully saturated rings. The van der Waals surface area contributed by atoms with Gasteiger partial charge in [0.15, 0.2) is 5.82 Å². The molecule has 1 unspecified atom stereocenters. The van der Waals surface area contributed by atoms with Crippen LogP contribution in [0.3, 0.4) is 0 Å². The van der Waals surface area contributed by atoms with Crippen LogP contribution >= 0.6 is 23.2 Å².